The lowest BCUT2D eigenvalue weighted by Crippen LogP contribution is -2.07. The molecule has 0 amide bonds. The van der Waals surface area contributed by atoms with Crippen molar-refractivity contribution in [2.75, 3.05) is 19.5 Å². The molecule has 0 fully saturated rings. The lowest BCUT2D eigenvalue weighted by Gasteiger charge is -2.11. The molecule has 1 aromatic carbocycles. The standard InChI is InChI=1S/C16H15N5O3/c1-23-11-3-4-13(12(9-11)16(22)24-2)18-14-5-6-15(20-19-14)21-8-7-17-10-21/h3-10H,1-2H3,(H,18,19). The molecule has 0 radical (unpaired) electrons. The lowest BCUT2D eigenvalue weighted by molar-refractivity contribution is 0.0601. The SMILES string of the molecule is COC(=O)c1cc(OC)ccc1Nc1ccc(-n2ccnc2)nn1. The van der Waals surface area contributed by atoms with Gasteiger partial charge in [0.25, 0.3) is 0 Å². The van der Waals surface area contributed by atoms with E-state index in [0.717, 1.165) is 0 Å². The minimum absolute atomic E-state index is 0.345. The van der Waals surface area contributed by atoms with E-state index in [4.69, 9.17) is 9.47 Å². The predicted molar refractivity (Wildman–Crippen MR) is 86.8 cm³/mol. The van der Waals surface area contributed by atoms with E-state index in [2.05, 4.69) is 20.5 Å². The van der Waals surface area contributed by atoms with Gasteiger partial charge >= 0.3 is 5.97 Å². The number of imidazole rings is 1. The van der Waals surface area contributed by atoms with Gasteiger partial charge in [-0.1, -0.05) is 0 Å². The minimum Gasteiger partial charge on any atom is -0.497 e. The molecule has 0 unspecified atom stereocenters. The maximum absolute atomic E-state index is 11.9. The van der Waals surface area contributed by atoms with Crippen LogP contribution in [0.3, 0.4) is 0 Å². The average molecular weight is 325 g/mol. The highest BCUT2D eigenvalue weighted by Crippen LogP contribution is 2.25. The van der Waals surface area contributed by atoms with Crippen LogP contribution < -0.4 is 10.1 Å². The molecule has 0 saturated heterocycles. The molecule has 0 bridgehead atoms. The van der Waals surface area contributed by atoms with Crippen LogP contribution in [0.5, 0.6) is 5.75 Å². The monoisotopic (exact) mass is 325 g/mol. The van der Waals surface area contributed by atoms with Gasteiger partial charge in [0.1, 0.15) is 12.1 Å². The molecule has 0 aliphatic rings. The van der Waals surface area contributed by atoms with E-state index < -0.39 is 5.97 Å². The van der Waals surface area contributed by atoms with E-state index in [0.29, 0.717) is 28.6 Å². The number of nitrogens with one attached hydrogen (secondary N) is 1. The third kappa shape index (κ3) is 3.17. The lowest BCUT2D eigenvalue weighted by atomic mass is 10.1. The summed E-state index contributed by atoms with van der Waals surface area (Å²) in [5.74, 6) is 1.22. The van der Waals surface area contributed by atoms with Crippen LogP contribution in [-0.4, -0.2) is 39.9 Å². The van der Waals surface area contributed by atoms with Crippen molar-refractivity contribution in [1.82, 2.24) is 19.7 Å². The number of aromatic nitrogens is 4. The number of esters is 1. The van der Waals surface area contributed by atoms with Crippen molar-refractivity contribution in [3.05, 3.63) is 54.6 Å². The minimum atomic E-state index is -0.473. The van der Waals surface area contributed by atoms with E-state index in [1.807, 2.05) is 0 Å². The third-order valence-corrected chi connectivity index (χ3v) is 3.31. The molecule has 8 heteroatoms. The average Bonchev–Trinajstić information content (AvgIpc) is 3.16. The van der Waals surface area contributed by atoms with Crippen molar-refractivity contribution in [3.63, 3.8) is 0 Å². The number of hydrogen-bond acceptors (Lipinski definition) is 7. The van der Waals surface area contributed by atoms with Gasteiger partial charge in [-0.15, -0.1) is 10.2 Å². The summed E-state index contributed by atoms with van der Waals surface area (Å²) in [6, 6.07) is 8.60. The van der Waals surface area contributed by atoms with Crippen LogP contribution in [0.1, 0.15) is 10.4 Å². The van der Waals surface area contributed by atoms with Gasteiger partial charge in [0.05, 0.1) is 25.5 Å². The fourth-order valence-corrected chi connectivity index (χ4v) is 2.10. The highest BCUT2D eigenvalue weighted by molar-refractivity contribution is 5.96. The number of hydrogen-bond donors (Lipinski definition) is 1. The third-order valence-electron chi connectivity index (χ3n) is 3.31. The molecule has 0 atom stereocenters. The molecule has 3 aromatic rings. The highest BCUT2D eigenvalue weighted by atomic mass is 16.5. The van der Waals surface area contributed by atoms with Crippen LogP contribution in [-0.2, 0) is 4.74 Å². The molecule has 0 saturated carbocycles. The van der Waals surface area contributed by atoms with Crippen molar-refractivity contribution in [2.45, 2.75) is 0 Å². The van der Waals surface area contributed by atoms with Gasteiger partial charge in [-0.25, -0.2) is 9.78 Å². The van der Waals surface area contributed by atoms with Crippen molar-refractivity contribution in [1.29, 1.82) is 0 Å². The molecular formula is C16H15N5O3. The molecule has 0 aliphatic carbocycles. The summed E-state index contributed by atoms with van der Waals surface area (Å²) < 4.78 is 11.7. The Bertz CT molecular complexity index is 831. The van der Waals surface area contributed by atoms with E-state index >= 15 is 0 Å². The van der Waals surface area contributed by atoms with Crippen molar-refractivity contribution in [3.8, 4) is 11.6 Å². The summed E-state index contributed by atoms with van der Waals surface area (Å²) in [7, 11) is 2.86. The van der Waals surface area contributed by atoms with Gasteiger partial charge < -0.3 is 14.8 Å². The second kappa shape index (κ2) is 6.78. The molecule has 122 valence electrons. The Morgan fingerprint density at radius 2 is 2.04 bits per heavy atom. The predicted octanol–water partition coefficient (Wildman–Crippen LogP) is 2.20. The Balaban J connectivity index is 1.86. The Kier molecular flexibility index (Phi) is 4.37. The van der Waals surface area contributed by atoms with Crippen LogP contribution >= 0.6 is 0 Å². The maximum Gasteiger partial charge on any atom is 0.340 e. The van der Waals surface area contributed by atoms with E-state index in [-0.39, 0.29) is 0 Å². The first kappa shape index (κ1) is 15.5. The first-order valence-electron chi connectivity index (χ1n) is 7.06. The van der Waals surface area contributed by atoms with Gasteiger partial charge in [0.2, 0.25) is 0 Å². The van der Waals surface area contributed by atoms with Gasteiger partial charge in [-0.3, -0.25) is 4.57 Å². The highest BCUT2D eigenvalue weighted by Gasteiger charge is 2.14. The number of ether oxygens (including phenoxy) is 2. The number of rotatable bonds is 5. The summed E-state index contributed by atoms with van der Waals surface area (Å²) >= 11 is 0. The summed E-state index contributed by atoms with van der Waals surface area (Å²) in [5.41, 5.74) is 0.893. The van der Waals surface area contributed by atoms with Crippen LogP contribution in [0.15, 0.2) is 49.1 Å². The largest absolute Gasteiger partial charge is 0.497 e. The Morgan fingerprint density at radius 3 is 2.67 bits per heavy atom. The molecule has 3 rings (SSSR count). The number of carbonyl (C=O) groups is 1. The van der Waals surface area contributed by atoms with E-state index in [9.17, 15) is 4.79 Å². The van der Waals surface area contributed by atoms with Crippen molar-refractivity contribution in [2.24, 2.45) is 0 Å². The molecule has 8 nitrogen and oxygen atoms in total. The van der Waals surface area contributed by atoms with Gasteiger partial charge in [0, 0.05) is 12.4 Å². The Hall–Kier alpha value is -3.42. The van der Waals surface area contributed by atoms with Gasteiger partial charge in [-0.05, 0) is 30.3 Å². The Morgan fingerprint density at radius 1 is 1.17 bits per heavy atom. The normalized spacial score (nSPS) is 10.2. The summed E-state index contributed by atoms with van der Waals surface area (Å²) in [4.78, 5) is 15.9. The van der Waals surface area contributed by atoms with Crippen LogP contribution in [0, 0.1) is 0 Å². The molecule has 2 heterocycles. The zero-order chi connectivity index (χ0) is 16.9. The molecular weight excluding hydrogens is 310 g/mol. The Labute approximate surface area is 138 Å². The molecule has 0 aliphatic heterocycles. The van der Waals surface area contributed by atoms with Gasteiger partial charge in [0.15, 0.2) is 11.6 Å². The quantitative estimate of drug-likeness (QED) is 0.719. The van der Waals surface area contributed by atoms with Crippen LogP contribution in [0.25, 0.3) is 5.82 Å². The zero-order valence-corrected chi connectivity index (χ0v) is 13.1. The molecule has 24 heavy (non-hydrogen) atoms. The smallest absolute Gasteiger partial charge is 0.340 e. The van der Waals surface area contributed by atoms with Crippen LogP contribution in [0.4, 0.5) is 11.5 Å². The fraction of sp³-hybridized carbons (Fsp3) is 0.125. The molecule has 0 spiro atoms. The van der Waals surface area contributed by atoms with Crippen molar-refractivity contribution < 1.29 is 14.3 Å². The summed E-state index contributed by atoms with van der Waals surface area (Å²) in [6.45, 7) is 0. The summed E-state index contributed by atoms with van der Waals surface area (Å²) in [5, 5.41) is 11.3. The first-order valence-corrected chi connectivity index (χ1v) is 7.06. The second-order valence-corrected chi connectivity index (χ2v) is 4.77. The maximum atomic E-state index is 11.9. The van der Waals surface area contributed by atoms with E-state index in [1.165, 1.54) is 14.2 Å². The number of methoxy groups -OCH3 is 2. The fourth-order valence-electron chi connectivity index (χ4n) is 2.10. The number of nitrogens with zero attached hydrogens (tertiary/aromatic N) is 4. The number of benzene rings is 1. The van der Waals surface area contributed by atoms with Crippen molar-refractivity contribution >= 4 is 17.5 Å². The second-order valence-electron chi connectivity index (χ2n) is 4.77. The first-order chi connectivity index (χ1) is 11.7. The van der Waals surface area contributed by atoms with Gasteiger partial charge in [-0.2, -0.15) is 0 Å². The molecule has 1 N–H and O–H groups in total. The summed E-state index contributed by atoms with van der Waals surface area (Å²) in [6.07, 6.45) is 5.07. The molecule has 2 aromatic heterocycles. The zero-order valence-electron chi connectivity index (χ0n) is 13.1. The topological polar surface area (TPSA) is 91.2 Å². The number of carbonyl (C=O) groups excluding carboxylic acids is 1. The van der Waals surface area contributed by atoms with Crippen LogP contribution in [0.2, 0.25) is 0 Å². The number of anilines is 2. The van der Waals surface area contributed by atoms with E-state index in [1.54, 1.807) is 53.6 Å².